The maximum atomic E-state index is 14.1. The van der Waals surface area contributed by atoms with Crippen molar-refractivity contribution >= 4 is 0 Å². The van der Waals surface area contributed by atoms with Crippen LogP contribution < -0.4 is 9.47 Å². The van der Waals surface area contributed by atoms with Crippen LogP contribution in [0.5, 0.6) is 11.5 Å². The van der Waals surface area contributed by atoms with Crippen molar-refractivity contribution in [1.29, 1.82) is 10.5 Å². The number of benzene rings is 4. The molecule has 2 unspecified atom stereocenters. The molecule has 0 fully saturated rings. The first-order valence-electron chi connectivity index (χ1n) is 18.7. The zero-order chi connectivity index (χ0) is 45.8. The van der Waals surface area contributed by atoms with Gasteiger partial charge in [-0.1, -0.05) is 57.5 Å². The van der Waals surface area contributed by atoms with Gasteiger partial charge in [-0.05, 0) is 116 Å². The molecular formula is C46H50F8N2O4. The number of nitrogens with zero attached hydrogens (tertiary/aromatic N) is 2. The molecule has 60 heavy (non-hydrogen) atoms. The van der Waals surface area contributed by atoms with Crippen molar-refractivity contribution in [3.8, 4) is 23.6 Å². The number of ether oxygens (including phenoxy) is 2. The van der Waals surface area contributed by atoms with Crippen molar-refractivity contribution in [2.45, 2.75) is 115 Å². The van der Waals surface area contributed by atoms with Gasteiger partial charge in [-0.2, -0.15) is 36.9 Å². The Kier molecular flexibility index (Phi) is 14.9. The minimum atomic E-state index is -4.98. The molecule has 2 atom stereocenters. The number of aliphatic hydroxyl groups is 2. The number of hydrogen-bond acceptors (Lipinski definition) is 6. The van der Waals surface area contributed by atoms with Crippen LogP contribution in [0.4, 0.5) is 35.1 Å². The smallest absolute Gasteiger partial charge is 0.417 e. The molecule has 324 valence electrons. The standard InChI is InChI=1S/2C23H25F4NO2/c1-14-8-16(9-15(2)18(14)12-28)11-22(29,23(25,26)27)13-21(3,4)19-10-17(24)6-7-20(19)30-5;1-14-8-15(2)18(12-28)16(9-14)11-22(29,23(25,26)27)13-21(3,4)19-10-17(24)6-7-20(19)30-5/h2*6-10,29H,11,13H2,1-5H3. The third-order valence-electron chi connectivity index (χ3n) is 10.7. The van der Waals surface area contributed by atoms with Gasteiger partial charge in [0, 0.05) is 24.0 Å². The first-order valence-corrected chi connectivity index (χ1v) is 18.7. The van der Waals surface area contributed by atoms with E-state index in [0.717, 1.165) is 24.3 Å². The third kappa shape index (κ3) is 11.1. The van der Waals surface area contributed by atoms with Crippen LogP contribution in [0.3, 0.4) is 0 Å². The number of alkyl halides is 6. The summed E-state index contributed by atoms with van der Waals surface area (Å²) in [7, 11) is 2.70. The van der Waals surface area contributed by atoms with Crippen molar-refractivity contribution in [2.24, 2.45) is 0 Å². The minimum Gasteiger partial charge on any atom is -0.496 e. The van der Waals surface area contributed by atoms with Gasteiger partial charge in [-0.25, -0.2) is 8.78 Å². The molecule has 4 aromatic rings. The molecule has 0 bridgehead atoms. The van der Waals surface area contributed by atoms with Gasteiger partial charge in [0.2, 0.25) is 0 Å². The summed E-state index contributed by atoms with van der Waals surface area (Å²) in [6, 6.07) is 17.4. The predicted molar refractivity (Wildman–Crippen MR) is 212 cm³/mol. The Morgan fingerprint density at radius 1 is 0.567 bits per heavy atom. The molecule has 6 nitrogen and oxygen atoms in total. The fourth-order valence-electron chi connectivity index (χ4n) is 7.94. The van der Waals surface area contributed by atoms with Crippen LogP contribution in [0.2, 0.25) is 0 Å². The van der Waals surface area contributed by atoms with Gasteiger partial charge in [-0.3, -0.25) is 0 Å². The summed E-state index contributed by atoms with van der Waals surface area (Å²) in [5.41, 5.74) is -5.07. The minimum absolute atomic E-state index is 0.115. The number of hydrogen-bond donors (Lipinski definition) is 2. The molecule has 0 saturated carbocycles. The van der Waals surface area contributed by atoms with Crippen LogP contribution in [0, 0.1) is 62.0 Å². The van der Waals surface area contributed by atoms with Gasteiger partial charge in [0.05, 0.1) is 37.5 Å². The van der Waals surface area contributed by atoms with Gasteiger partial charge in [0.1, 0.15) is 23.1 Å². The summed E-state index contributed by atoms with van der Waals surface area (Å²) >= 11 is 0. The number of halogens is 8. The lowest BCUT2D eigenvalue weighted by molar-refractivity contribution is -0.266. The number of aryl methyl sites for hydroxylation is 4. The fourth-order valence-corrected chi connectivity index (χ4v) is 7.94. The largest absolute Gasteiger partial charge is 0.496 e. The van der Waals surface area contributed by atoms with Crippen LogP contribution in [0.25, 0.3) is 0 Å². The molecule has 2 N–H and O–H groups in total. The van der Waals surface area contributed by atoms with E-state index in [9.17, 15) is 55.9 Å². The van der Waals surface area contributed by atoms with Gasteiger partial charge >= 0.3 is 12.4 Å². The third-order valence-corrected chi connectivity index (χ3v) is 10.7. The molecule has 0 aliphatic heterocycles. The Bertz CT molecular complexity index is 2250. The van der Waals surface area contributed by atoms with E-state index in [2.05, 4.69) is 0 Å². The van der Waals surface area contributed by atoms with E-state index < -0.39 is 71.7 Å². The summed E-state index contributed by atoms with van der Waals surface area (Å²) in [5, 5.41) is 40.3. The Balaban J connectivity index is 0.000000320. The topological polar surface area (TPSA) is 106 Å². The highest BCUT2D eigenvalue weighted by molar-refractivity contribution is 5.48. The lowest BCUT2D eigenvalue weighted by atomic mass is 9.72. The average molecular weight is 847 g/mol. The zero-order valence-corrected chi connectivity index (χ0v) is 35.2. The van der Waals surface area contributed by atoms with E-state index in [1.807, 2.05) is 12.1 Å². The van der Waals surface area contributed by atoms with Crippen molar-refractivity contribution in [3.05, 3.63) is 128 Å². The number of rotatable bonds is 12. The SMILES string of the molecule is COc1ccc(F)cc1C(C)(C)CC(O)(Cc1cc(C)c(C#N)c(C)c1)C(F)(F)F.COc1ccc(F)cc1C(C)(C)CC(O)(Cc1cc(C)cc(C)c1C#N)C(F)(F)F. The summed E-state index contributed by atoms with van der Waals surface area (Å²) < 4.78 is 122. The van der Waals surface area contributed by atoms with Crippen LogP contribution in [-0.4, -0.2) is 48.0 Å². The van der Waals surface area contributed by atoms with Crippen LogP contribution >= 0.6 is 0 Å². The molecule has 0 heterocycles. The van der Waals surface area contributed by atoms with E-state index in [-0.39, 0.29) is 39.3 Å². The summed E-state index contributed by atoms with van der Waals surface area (Å²) in [6.07, 6.45) is -12.8. The molecule has 0 spiro atoms. The first-order chi connectivity index (χ1) is 27.5. The second-order valence-corrected chi connectivity index (χ2v) is 16.7. The summed E-state index contributed by atoms with van der Waals surface area (Å²) in [4.78, 5) is 0. The molecule has 0 aromatic heterocycles. The van der Waals surface area contributed by atoms with Crippen molar-refractivity contribution in [1.82, 2.24) is 0 Å². The number of methoxy groups -OCH3 is 2. The monoisotopic (exact) mass is 846 g/mol. The maximum Gasteiger partial charge on any atom is 0.417 e. The highest BCUT2D eigenvalue weighted by Gasteiger charge is 2.57. The van der Waals surface area contributed by atoms with Crippen LogP contribution in [-0.2, 0) is 23.7 Å². The van der Waals surface area contributed by atoms with Crippen molar-refractivity contribution in [2.75, 3.05) is 14.2 Å². The second kappa shape index (κ2) is 18.2. The van der Waals surface area contributed by atoms with E-state index in [4.69, 9.17) is 9.47 Å². The average Bonchev–Trinajstić information content (AvgIpc) is 3.10. The van der Waals surface area contributed by atoms with Crippen LogP contribution in [0.1, 0.15) is 96.2 Å². The predicted octanol–water partition coefficient (Wildman–Crippen LogP) is 11.1. The molecule has 0 aliphatic carbocycles. The summed E-state index contributed by atoms with van der Waals surface area (Å²) in [5.74, 6) is -0.741. The quantitative estimate of drug-likeness (QED) is 0.138. The Labute approximate surface area is 346 Å². The van der Waals surface area contributed by atoms with E-state index in [0.29, 0.717) is 27.8 Å². The zero-order valence-electron chi connectivity index (χ0n) is 35.2. The fraction of sp³-hybridized carbons (Fsp3) is 0.435. The molecule has 0 amide bonds. The molecule has 0 aliphatic rings. The molecule has 4 aromatic carbocycles. The second-order valence-electron chi connectivity index (χ2n) is 16.7. The normalized spacial score (nSPS) is 14.2. The lowest BCUT2D eigenvalue weighted by Crippen LogP contribution is -2.51. The molecule has 4 rings (SSSR count). The van der Waals surface area contributed by atoms with Gasteiger partial charge in [0.15, 0.2) is 11.2 Å². The molecule has 0 saturated heterocycles. The first kappa shape index (κ1) is 49.2. The van der Waals surface area contributed by atoms with Crippen LogP contribution in [0.15, 0.2) is 60.7 Å². The highest BCUT2D eigenvalue weighted by Crippen LogP contribution is 2.47. The Hall–Kier alpha value is -5.18. The van der Waals surface area contributed by atoms with Crippen molar-refractivity contribution < 1.29 is 54.8 Å². The highest BCUT2D eigenvalue weighted by atomic mass is 19.4. The van der Waals surface area contributed by atoms with Gasteiger partial charge in [0.25, 0.3) is 0 Å². The lowest BCUT2D eigenvalue weighted by Gasteiger charge is -2.38. The number of nitriles is 2. The maximum absolute atomic E-state index is 14.1. The van der Waals surface area contributed by atoms with Gasteiger partial charge < -0.3 is 19.7 Å². The molecule has 14 heteroatoms. The van der Waals surface area contributed by atoms with E-state index in [1.54, 1.807) is 33.8 Å². The Morgan fingerprint density at radius 2 is 0.950 bits per heavy atom. The van der Waals surface area contributed by atoms with E-state index >= 15 is 0 Å². The Morgan fingerprint density at radius 3 is 1.32 bits per heavy atom. The van der Waals surface area contributed by atoms with Gasteiger partial charge in [-0.15, -0.1) is 0 Å². The summed E-state index contributed by atoms with van der Waals surface area (Å²) in [6.45, 7) is 12.6. The van der Waals surface area contributed by atoms with Crippen molar-refractivity contribution in [3.63, 3.8) is 0 Å². The molecule has 0 radical (unpaired) electrons. The molecular weight excluding hydrogens is 796 g/mol. The van der Waals surface area contributed by atoms with E-state index in [1.165, 1.54) is 72.2 Å².